The monoisotopic (exact) mass is 636 g/mol. The van der Waals surface area contributed by atoms with Crippen molar-refractivity contribution in [2.24, 2.45) is 0 Å². The van der Waals surface area contributed by atoms with E-state index in [4.69, 9.17) is 9.47 Å². The van der Waals surface area contributed by atoms with Crippen molar-refractivity contribution in [2.45, 2.75) is 77.2 Å². The Morgan fingerprint density at radius 2 is 1.35 bits per heavy atom. The van der Waals surface area contributed by atoms with E-state index in [1.165, 1.54) is 22.3 Å². The molecule has 1 aliphatic carbocycles. The van der Waals surface area contributed by atoms with Crippen LogP contribution < -0.4 is 10.6 Å². The summed E-state index contributed by atoms with van der Waals surface area (Å²) in [5.74, 6) is 0. The molecule has 37 heavy (non-hydrogen) atoms. The van der Waals surface area contributed by atoms with Gasteiger partial charge in [-0.1, -0.05) is 57.3 Å². The van der Waals surface area contributed by atoms with Gasteiger partial charge in [0.2, 0.25) is 0 Å². The smallest absolute Gasteiger partial charge is 0.407 e. The summed E-state index contributed by atoms with van der Waals surface area (Å²) < 4.78 is 12.7. The number of hydrogen-bond acceptors (Lipinski definition) is 4. The summed E-state index contributed by atoms with van der Waals surface area (Å²) in [6.45, 7) is 9.14. The summed E-state index contributed by atoms with van der Waals surface area (Å²) in [4.78, 5) is 24.2. The molecule has 2 amide bonds. The summed E-state index contributed by atoms with van der Waals surface area (Å²) >= 11 is 7.36. The van der Waals surface area contributed by atoms with Gasteiger partial charge in [-0.2, -0.15) is 0 Å². The Morgan fingerprint density at radius 3 is 1.84 bits per heavy atom. The zero-order valence-electron chi connectivity index (χ0n) is 22.2. The number of unbranched alkanes of at least 4 members (excludes halogenated alkanes) is 1. The minimum atomic E-state index is -0.530. The van der Waals surface area contributed by atoms with Crippen LogP contribution in [0, 0.1) is 0 Å². The van der Waals surface area contributed by atoms with Crippen LogP contribution in [0.1, 0.15) is 77.3 Å². The van der Waals surface area contributed by atoms with Crippen LogP contribution in [-0.4, -0.2) is 37.5 Å². The number of hydrogen-bond donors (Lipinski definition) is 2. The third-order valence-corrected chi connectivity index (χ3v) is 7.50. The molecule has 2 N–H and O–H groups in total. The second-order valence-corrected chi connectivity index (χ2v) is 12.3. The predicted octanol–water partition coefficient (Wildman–Crippen LogP) is 8.09. The van der Waals surface area contributed by atoms with E-state index in [2.05, 4.69) is 85.8 Å². The van der Waals surface area contributed by atoms with Crippen LogP contribution in [-0.2, 0) is 14.9 Å². The average molecular weight is 638 g/mol. The molecule has 2 aromatic carbocycles. The lowest BCUT2D eigenvalue weighted by Crippen LogP contribution is -2.34. The van der Waals surface area contributed by atoms with E-state index in [1.54, 1.807) is 0 Å². The minimum absolute atomic E-state index is 0.248. The first kappa shape index (κ1) is 29.5. The van der Waals surface area contributed by atoms with Gasteiger partial charge in [0, 0.05) is 27.4 Å². The standard InChI is InChI=1S/C29H38Br2N2O4/c1-5-6-17-36-26(34)32-15-7-13-29(14-8-16-33-27(35)37-28(2,3)4)24-18-20(30)9-11-22(24)23-12-10-21(31)19-25(23)29/h9-12,18-19H,5-8,13-17H2,1-4H3,(H,32,34)(H,33,35). The van der Waals surface area contributed by atoms with Gasteiger partial charge in [0.1, 0.15) is 5.60 Å². The zero-order chi connectivity index (χ0) is 27.1. The van der Waals surface area contributed by atoms with E-state index < -0.39 is 11.7 Å². The topological polar surface area (TPSA) is 76.7 Å². The molecule has 3 rings (SSSR count). The lowest BCUT2D eigenvalue weighted by atomic mass is 9.71. The molecule has 2 aromatic rings. The Kier molecular flexibility index (Phi) is 10.5. The fourth-order valence-electron chi connectivity index (χ4n) is 4.94. The van der Waals surface area contributed by atoms with Crippen molar-refractivity contribution >= 4 is 44.0 Å². The Hall–Kier alpha value is -2.06. The number of rotatable bonds is 11. The van der Waals surface area contributed by atoms with Crippen molar-refractivity contribution in [1.29, 1.82) is 0 Å². The second kappa shape index (κ2) is 13.1. The van der Waals surface area contributed by atoms with E-state index in [-0.39, 0.29) is 11.5 Å². The van der Waals surface area contributed by atoms with E-state index in [9.17, 15) is 9.59 Å². The molecule has 0 aromatic heterocycles. The van der Waals surface area contributed by atoms with Gasteiger partial charge in [-0.25, -0.2) is 9.59 Å². The highest BCUT2D eigenvalue weighted by Gasteiger charge is 2.42. The molecule has 202 valence electrons. The quantitative estimate of drug-likeness (QED) is 0.244. The second-order valence-electron chi connectivity index (χ2n) is 10.5. The molecule has 0 fully saturated rings. The van der Waals surface area contributed by atoms with Gasteiger partial charge in [0.05, 0.1) is 6.61 Å². The molecule has 0 atom stereocenters. The van der Waals surface area contributed by atoms with Crippen LogP contribution in [0.3, 0.4) is 0 Å². The number of nitrogens with one attached hydrogen (secondary N) is 2. The van der Waals surface area contributed by atoms with Crippen molar-refractivity contribution < 1.29 is 19.1 Å². The minimum Gasteiger partial charge on any atom is -0.450 e. The van der Waals surface area contributed by atoms with Gasteiger partial charge in [0.15, 0.2) is 0 Å². The van der Waals surface area contributed by atoms with Crippen molar-refractivity contribution in [3.05, 3.63) is 56.5 Å². The molecule has 0 saturated heterocycles. The highest BCUT2D eigenvalue weighted by atomic mass is 79.9. The molecule has 0 spiro atoms. The van der Waals surface area contributed by atoms with Gasteiger partial charge in [-0.05, 0) is 99.4 Å². The lowest BCUT2D eigenvalue weighted by molar-refractivity contribution is 0.0526. The molecule has 0 bridgehead atoms. The van der Waals surface area contributed by atoms with E-state index in [1.807, 2.05) is 20.8 Å². The number of halogens is 2. The maximum Gasteiger partial charge on any atom is 0.407 e. The summed E-state index contributed by atoms with van der Waals surface area (Å²) in [6, 6.07) is 13.0. The molecule has 0 saturated carbocycles. The largest absolute Gasteiger partial charge is 0.450 e. The number of amides is 2. The highest BCUT2D eigenvalue weighted by molar-refractivity contribution is 9.10. The molecule has 6 nitrogen and oxygen atoms in total. The number of carbonyl (C=O) groups excluding carboxylic acids is 2. The normalized spacial score (nSPS) is 13.5. The molecular weight excluding hydrogens is 600 g/mol. The number of ether oxygens (including phenoxy) is 2. The van der Waals surface area contributed by atoms with Crippen molar-refractivity contribution in [2.75, 3.05) is 19.7 Å². The van der Waals surface area contributed by atoms with E-state index >= 15 is 0 Å². The molecule has 1 aliphatic rings. The van der Waals surface area contributed by atoms with E-state index in [0.717, 1.165) is 47.5 Å². The molecule has 0 radical (unpaired) electrons. The van der Waals surface area contributed by atoms with Crippen molar-refractivity contribution in [1.82, 2.24) is 10.6 Å². The fraction of sp³-hybridized carbons (Fsp3) is 0.517. The number of benzene rings is 2. The van der Waals surface area contributed by atoms with E-state index in [0.29, 0.717) is 19.7 Å². The van der Waals surface area contributed by atoms with Gasteiger partial charge < -0.3 is 20.1 Å². The third-order valence-electron chi connectivity index (χ3n) is 6.51. The summed E-state index contributed by atoms with van der Waals surface area (Å²) in [6.07, 6.45) is 4.36. The summed E-state index contributed by atoms with van der Waals surface area (Å²) in [5.41, 5.74) is 4.24. The Labute approximate surface area is 237 Å². The van der Waals surface area contributed by atoms with Gasteiger partial charge in [-0.3, -0.25) is 0 Å². The van der Waals surface area contributed by atoms with Crippen molar-refractivity contribution in [3.8, 4) is 11.1 Å². The molecule has 0 unspecified atom stereocenters. The van der Waals surface area contributed by atoms with Crippen LogP contribution in [0.4, 0.5) is 9.59 Å². The molecular formula is C29H38Br2N2O4. The van der Waals surface area contributed by atoms with Crippen LogP contribution in [0.5, 0.6) is 0 Å². The predicted molar refractivity (Wildman–Crippen MR) is 155 cm³/mol. The molecule has 8 heteroatoms. The summed E-state index contributed by atoms with van der Waals surface area (Å²) in [7, 11) is 0. The molecule has 0 heterocycles. The van der Waals surface area contributed by atoms with Crippen LogP contribution >= 0.6 is 31.9 Å². The Morgan fingerprint density at radius 1 is 0.838 bits per heavy atom. The third kappa shape index (κ3) is 7.96. The number of carbonyl (C=O) groups is 2. The number of alkyl carbamates (subject to hydrolysis) is 2. The summed E-state index contributed by atoms with van der Waals surface area (Å²) in [5, 5.41) is 5.81. The maximum absolute atomic E-state index is 12.2. The fourth-order valence-corrected chi connectivity index (χ4v) is 5.66. The first-order valence-corrected chi connectivity index (χ1v) is 14.6. The van der Waals surface area contributed by atoms with Crippen molar-refractivity contribution in [3.63, 3.8) is 0 Å². The highest BCUT2D eigenvalue weighted by Crippen LogP contribution is 2.54. The Balaban J connectivity index is 1.79. The average Bonchev–Trinajstić information content (AvgIpc) is 3.07. The first-order valence-electron chi connectivity index (χ1n) is 13.0. The molecule has 0 aliphatic heterocycles. The lowest BCUT2D eigenvalue weighted by Gasteiger charge is -2.33. The van der Waals surface area contributed by atoms with Gasteiger partial charge in [-0.15, -0.1) is 0 Å². The van der Waals surface area contributed by atoms with Gasteiger partial charge in [0.25, 0.3) is 0 Å². The van der Waals surface area contributed by atoms with Crippen LogP contribution in [0.15, 0.2) is 45.3 Å². The van der Waals surface area contributed by atoms with Gasteiger partial charge >= 0.3 is 12.2 Å². The Bertz CT molecular complexity index is 1050. The van der Waals surface area contributed by atoms with Crippen LogP contribution in [0.2, 0.25) is 0 Å². The number of fused-ring (bicyclic) bond motifs is 3. The zero-order valence-corrected chi connectivity index (χ0v) is 25.4. The maximum atomic E-state index is 12.2. The first-order chi connectivity index (χ1) is 17.6. The van der Waals surface area contributed by atoms with Crippen LogP contribution in [0.25, 0.3) is 11.1 Å². The SMILES string of the molecule is CCCCOC(=O)NCCCC1(CCCNC(=O)OC(C)(C)C)c2cc(Br)ccc2-c2ccc(Br)cc21.